The first-order valence-electron chi connectivity index (χ1n) is 18.2. The summed E-state index contributed by atoms with van der Waals surface area (Å²) in [5.74, 6) is 0. The lowest BCUT2D eigenvalue weighted by atomic mass is 9.77. The van der Waals surface area contributed by atoms with Gasteiger partial charge in [0.15, 0.2) is 0 Å². The van der Waals surface area contributed by atoms with Crippen molar-refractivity contribution in [3.05, 3.63) is 161 Å². The summed E-state index contributed by atoms with van der Waals surface area (Å²) in [5.41, 5.74) is 6.97. The van der Waals surface area contributed by atoms with Gasteiger partial charge in [0.25, 0.3) is 0 Å². The van der Waals surface area contributed by atoms with E-state index in [0.29, 0.717) is 12.0 Å². The van der Waals surface area contributed by atoms with Gasteiger partial charge in [-0.25, -0.2) is 0 Å². The molecule has 2 N–H and O–H groups in total. The van der Waals surface area contributed by atoms with Gasteiger partial charge in [-0.05, 0) is 98.5 Å². The molecule has 0 spiro atoms. The topological polar surface area (TPSA) is 46.9 Å². The van der Waals surface area contributed by atoms with E-state index in [1.807, 2.05) is 24.3 Å². The third-order valence-electron chi connectivity index (χ3n) is 10.3. The smallest absolute Gasteiger partial charge is 0.423 e. The summed E-state index contributed by atoms with van der Waals surface area (Å²) in [6.45, 7) is 7.61. The molecule has 0 bridgehead atoms. The number of unbranched alkanes of at least 4 members (excludes halogenated alkanes) is 3. The van der Waals surface area contributed by atoms with Crippen LogP contribution in [0.4, 0.5) is 0 Å². The SMILES string of the molecule is Cc1ccccc1CN(CCCCCCN(Cc1ccccc1)Cc1ccccc1B(O)O)Cc1ccc2ccc3cccc4ccc1c2c34. The van der Waals surface area contributed by atoms with E-state index in [-0.39, 0.29) is 0 Å². The molecule has 0 amide bonds. The molecule has 0 aliphatic rings. The van der Waals surface area contributed by atoms with Gasteiger partial charge in [0, 0.05) is 26.2 Å². The van der Waals surface area contributed by atoms with Crippen LogP contribution in [0, 0.1) is 6.92 Å². The first-order chi connectivity index (χ1) is 24.5. The largest absolute Gasteiger partial charge is 0.488 e. The molecule has 0 aliphatic carbocycles. The summed E-state index contributed by atoms with van der Waals surface area (Å²) < 4.78 is 0. The van der Waals surface area contributed by atoms with Gasteiger partial charge in [0.05, 0.1) is 0 Å². The summed E-state index contributed by atoms with van der Waals surface area (Å²) in [4.78, 5) is 5.09. The van der Waals surface area contributed by atoms with Crippen molar-refractivity contribution < 1.29 is 10.0 Å². The van der Waals surface area contributed by atoms with E-state index in [1.54, 1.807) is 0 Å². The molecular weight excluding hydrogens is 611 g/mol. The van der Waals surface area contributed by atoms with Crippen LogP contribution in [-0.4, -0.2) is 40.1 Å². The van der Waals surface area contributed by atoms with Crippen LogP contribution < -0.4 is 5.46 Å². The van der Waals surface area contributed by atoms with Crippen molar-refractivity contribution in [1.29, 1.82) is 0 Å². The Morgan fingerprint density at radius 3 is 1.74 bits per heavy atom. The van der Waals surface area contributed by atoms with Gasteiger partial charge in [0.1, 0.15) is 0 Å². The molecule has 0 fully saturated rings. The number of rotatable bonds is 16. The van der Waals surface area contributed by atoms with E-state index in [2.05, 4.69) is 126 Å². The zero-order valence-electron chi connectivity index (χ0n) is 29.1. The highest BCUT2D eigenvalue weighted by Gasteiger charge is 2.18. The van der Waals surface area contributed by atoms with Crippen LogP contribution in [-0.2, 0) is 26.2 Å². The number of benzene rings is 7. The van der Waals surface area contributed by atoms with Gasteiger partial charge >= 0.3 is 7.12 Å². The summed E-state index contributed by atoms with van der Waals surface area (Å²) in [6, 6.07) is 47.5. The van der Waals surface area contributed by atoms with Crippen LogP contribution in [0.1, 0.15) is 53.5 Å². The van der Waals surface area contributed by atoms with Crippen molar-refractivity contribution in [1.82, 2.24) is 9.80 Å². The summed E-state index contributed by atoms with van der Waals surface area (Å²) in [7, 11) is -1.46. The van der Waals surface area contributed by atoms with Gasteiger partial charge in [-0.2, -0.15) is 0 Å². The van der Waals surface area contributed by atoms with Gasteiger partial charge in [-0.1, -0.05) is 146 Å². The second kappa shape index (κ2) is 16.0. The Kier molecular flexibility index (Phi) is 10.9. The van der Waals surface area contributed by atoms with E-state index >= 15 is 0 Å². The highest BCUT2D eigenvalue weighted by Crippen LogP contribution is 2.36. The number of hydrogen-bond donors (Lipinski definition) is 2. The Labute approximate surface area is 297 Å². The third kappa shape index (κ3) is 7.93. The lowest BCUT2D eigenvalue weighted by Crippen LogP contribution is -2.36. The zero-order chi connectivity index (χ0) is 34.3. The molecule has 0 atom stereocenters. The van der Waals surface area contributed by atoms with Crippen molar-refractivity contribution in [2.75, 3.05) is 13.1 Å². The molecule has 0 unspecified atom stereocenters. The maximum atomic E-state index is 9.98. The fourth-order valence-corrected chi connectivity index (χ4v) is 7.67. The molecule has 0 saturated carbocycles. The molecule has 4 nitrogen and oxygen atoms in total. The molecule has 252 valence electrons. The quantitative estimate of drug-likeness (QED) is 0.0619. The molecular formula is C45H47BN2O2. The first kappa shape index (κ1) is 34.0. The van der Waals surface area contributed by atoms with Gasteiger partial charge in [0.2, 0.25) is 0 Å². The number of nitrogens with zero attached hydrogens (tertiary/aromatic N) is 2. The van der Waals surface area contributed by atoms with E-state index in [1.165, 1.54) is 61.0 Å². The Balaban J connectivity index is 1.02. The molecule has 0 aromatic heterocycles. The van der Waals surface area contributed by atoms with Crippen molar-refractivity contribution in [2.45, 2.75) is 58.8 Å². The van der Waals surface area contributed by atoms with Crippen LogP contribution in [0.15, 0.2) is 133 Å². The van der Waals surface area contributed by atoms with E-state index in [9.17, 15) is 10.0 Å². The predicted octanol–water partition coefficient (Wildman–Crippen LogP) is 8.84. The number of aryl methyl sites for hydroxylation is 1. The maximum absolute atomic E-state index is 9.98. The summed E-state index contributed by atoms with van der Waals surface area (Å²) in [6.07, 6.45) is 4.58. The lowest BCUT2D eigenvalue weighted by molar-refractivity contribution is 0.240. The average Bonchev–Trinajstić information content (AvgIpc) is 3.14. The second-order valence-corrected chi connectivity index (χ2v) is 13.9. The van der Waals surface area contributed by atoms with Gasteiger partial charge < -0.3 is 10.0 Å². The lowest BCUT2D eigenvalue weighted by Gasteiger charge is -2.25. The Bertz CT molecular complexity index is 2130. The van der Waals surface area contributed by atoms with Crippen molar-refractivity contribution in [3.8, 4) is 0 Å². The van der Waals surface area contributed by atoms with Gasteiger partial charge in [-0.3, -0.25) is 9.80 Å². The normalized spacial score (nSPS) is 11.9. The fourth-order valence-electron chi connectivity index (χ4n) is 7.67. The monoisotopic (exact) mass is 658 g/mol. The minimum Gasteiger partial charge on any atom is -0.423 e. The van der Waals surface area contributed by atoms with Crippen LogP contribution in [0.3, 0.4) is 0 Å². The average molecular weight is 659 g/mol. The van der Waals surface area contributed by atoms with Crippen LogP contribution in [0.25, 0.3) is 32.3 Å². The van der Waals surface area contributed by atoms with E-state index in [0.717, 1.165) is 57.5 Å². The Hall–Kier alpha value is -4.52. The third-order valence-corrected chi connectivity index (χ3v) is 10.3. The molecule has 7 aromatic rings. The molecule has 0 aliphatic heterocycles. The van der Waals surface area contributed by atoms with Gasteiger partial charge in [-0.15, -0.1) is 0 Å². The first-order valence-corrected chi connectivity index (χ1v) is 18.2. The molecule has 5 heteroatoms. The minimum absolute atomic E-state index is 0.587. The zero-order valence-corrected chi connectivity index (χ0v) is 29.1. The van der Waals surface area contributed by atoms with Crippen molar-refractivity contribution >= 4 is 44.9 Å². The molecule has 50 heavy (non-hydrogen) atoms. The Morgan fingerprint density at radius 1 is 0.460 bits per heavy atom. The van der Waals surface area contributed by atoms with Crippen LogP contribution in [0.2, 0.25) is 0 Å². The van der Waals surface area contributed by atoms with E-state index < -0.39 is 7.12 Å². The minimum atomic E-state index is -1.46. The Morgan fingerprint density at radius 2 is 1.02 bits per heavy atom. The van der Waals surface area contributed by atoms with E-state index in [4.69, 9.17) is 0 Å². The predicted molar refractivity (Wildman–Crippen MR) is 211 cm³/mol. The fraction of sp³-hybridized carbons (Fsp3) is 0.244. The highest BCUT2D eigenvalue weighted by atomic mass is 16.4. The van der Waals surface area contributed by atoms with Crippen molar-refractivity contribution in [2.24, 2.45) is 0 Å². The maximum Gasteiger partial charge on any atom is 0.488 e. The van der Waals surface area contributed by atoms with Crippen LogP contribution >= 0.6 is 0 Å². The second-order valence-electron chi connectivity index (χ2n) is 13.9. The molecule has 0 heterocycles. The molecule has 0 saturated heterocycles. The highest BCUT2D eigenvalue weighted by molar-refractivity contribution is 6.59. The molecule has 7 rings (SSSR count). The van der Waals surface area contributed by atoms with Crippen molar-refractivity contribution in [3.63, 3.8) is 0 Å². The standard InChI is InChI=1S/C45H47BN2O2/c1-34-14-7-8-17-39(34)31-48(32-40-25-24-38-23-22-36-19-13-20-37-26-27-42(40)45(38)44(36)37)29-12-3-2-11-28-47(30-35-15-5-4-6-16-35)33-41-18-9-10-21-43(41)46(49)50/h4-10,13-27,49-50H,2-3,11-12,28-33H2,1H3. The molecule has 7 aromatic carbocycles. The summed E-state index contributed by atoms with van der Waals surface area (Å²) >= 11 is 0. The number of hydrogen-bond acceptors (Lipinski definition) is 4. The summed E-state index contributed by atoms with van der Waals surface area (Å²) in [5, 5.41) is 28.0. The molecule has 0 radical (unpaired) electrons. The van der Waals surface area contributed by atoms with Crippen LogP contribution in [0.5, 0.6) is 0 Å².